The summed E-state index contributed by atoms with van der Waals surface area (Å²) >= 11 is 0. The van der Waals surface area contributed by atoms with Crippen LogP contribution in [0, 0.1) is 0 Å². The highest BCUT2D eigenvalue weighted by Gasteiger charge is 2.17. The highest BCUT2D eigenvalue weighted by Crippen LogP contribution is 2.26. The lowest BCUT2D eigenvalue weighted by Gasteiger charge is -2.15. The first kappa shape index (κ1) is 10.9. The molecule has 0 spiro atoms. The number of nitrogens with two attached hydrogens (primary N) is 1. The Kier molecular flexibility index (Phi) is 2.76. The van der Waals surface area contributed by atoms with Crippen LogP contribution in [0.5, 0.6) is 0 Å². The molecule has 0 saturated heterocycles. The van der Waals surface area contributed by atoms with E-state index in [1.165, 1.54) is 11.7 Å². The van der Waals surface area contributed by atoms with Crippen molar-refractivity contribution in [3.05, 3.63) is 60.2 Å². The summed E-state index contributed by atoms with van der Waals surface area (Å²) in [5.41, 5.74) is 3.86. The van der Waals surface area contributed by atoms with Crippen molar-refractivity contribution in [2.75, 3.05) is 0 Å². The number of nitrogens with one attached hydrogen (secondary N) is 2. The molecule has 0 aliphatic rings. The standard InChI is InChI=1S/C13H13N5/c14-17-12(13-15-8-16-18-13)11-7-3-5-9-4-1-2-6-10(9)11/h1-8,12,17H,14H2,(H,15,16,18). The molecule has 0 aliphatic carbocycles. The van der Waals surface area contributed by atoms with Crippen molar-refractivity contribution in [2.45, 2.75) is 6.04 Å². The summed E-state index contributed by atoms with van der Waals surface area (Å²) in [5.74, 6) is 6.35. The van der Waals surface area contributed by atoms with Gasteiger partial charge in [-0.1, -0.05) is 42.5 Å². The molecule has 1 unspecified atom stereocenters. The first-order valence-corrected chi connectivity index (χ1v) is 5.69. The molecule has 90 valence electrons. The monoisotopic (exact) mass is 239 g/mol. The summed E-state index contributed by atoms with van der Waals surface area (Å²) in [6.45, 7) is 0. The van der Waals surface area contributed by atoms with Gasteiger partial charge in [0.25, 0.3) is 0 Å². The highest BCUT2D eigenvalue weighted by atomic mass is 15.3. The summed E-state index contributed by atoms with van der Waals surface area (Å²) in [6, 6.07) is 14.1. The fraction of sp³-hybridized carbons (Fsp3) is 0.0769. The quantitative estimate of drug-likeness (QED) is 0.478. The third-order valence-corrected chi connectivity index (χ3v) is 3.01. The summed E-state index contributed by atoms with van der Waals surface area (Å²) in [7, 11) is 0. The second kappa shape index (κ2) is 4.56. The number of hydrogen-bond donors (Lipinski definition) is 3. The van der Waals surface area contributed by atoms with Gasteiger partial charge in [0.2, 0.25) is 0 Å². The Morgan fingerprint density at radius 2 is 1.94 bits per heavy atom. The highest BCUT2D eigenvalue weighted by molar-refractivity contribution is 5.86. The second-order valence-corrected chi connectivity index (χ2v) is 4.04. The van der Waals surface area contributed by atoms with Crippen LogP contribution in [0.4, 0.5) is 0 Å². The third-order valence-electron chi connectivity index (χ3n) is 3.01. The predicted molar refractivity (Wildman–Crippen MR) is 69.5 cm³/mol. The molecule has 1 aromatic heterocycles. The van der Waals surface area contributed by atoms with E-state index in [4.69, 9.17) is 5.84 Å². The van der Waals surface area contributed by atoms with Crippen molar-refractivity contribution in [3.63, 3.8) is 0 Å². The van der Waals surface area contributed by atoms with Crippen molar-refractivity contribution >= 4 is 10.8 Å². The normalized spacial score (nSPS) is 12.7. The van der Waals surface area contributed by atoms with Gasteiger partial charge in [0.15, 0.2) is 0 Å². The average molecular weight is 239 g/mol. The van der Waals surface area contributed by atoms with Gasteiger partial charge in [-0.05, 0) is 16.3 Å². The van der Waals surface area contributed by atoms with Crippen LogP contribution in [0.25, 0.3) is 10.8 Å². The Labute approximate surface area is 104 Å². The van der Waals surface area contributed by atoms with Crippen LogP contribution in [-0.4, -0.2) is 15.2 Å². The predicted octanol–water partition coefficient (Wildman–Crippen LogP) is 1.51. The minimum absolute atomic E-state index is 0.196. The molecule has 5 nitrogen and oxygen atoms in total. The van der Waals surface area contributed by atoms with Gasteiger partial charge >= 0.3 is 0 Å². The van der Waals surface area contributed by atoms with E-state index < -0.39 is 0 Å². The molecular weight excluding hydrogens is 226 g/mol. The Bertz CT molecular complexity index is 642. The zero-order chi connectivity index (χ0) is 12.4. The topological polar surface area (TPSA) is 79.6 Å². The molecule has 0 aliphatic heterocycles. The molecule has 2 aromatic carbocycles. The van der Waals surface area contributed by atoms with E-state index in [1.54, 1.807) is 0 Å². The molecular formula is C13H13N5. The Morgan fingerprint density at radius 3 is 2.72 bits per heavy atom. The van der Waals surface area contributed by atoms with Crippen LogP contribution in [-0.2, 0) is 0 Å². The van der Waals surface area contributed by atoms with Crippen molar-refractivity contribution < 1.29 is 0 Å². The van der Waals surface area contributed by atoms with Crippen LogP contribution >= 0.6 is 0 Å². The van der Waals surface area contributed by atoms with E-state index >= 15 is 0 Å². The number of rotatable bonds is 3. The molecule has 4 N–H and O–H groups in total. The zero-order valence-corrected chi connectivity index (χ0v) is 9.67. The fourth-order valence-electron chi connectivity index (χ4n) is 2.17. The van der Waals surface area contributed by atoms with E-state index in [-0.39, 0.29) is 6.04 Å². The molecule has 1 atom stereocenters. The molecule has 3 aromatic rings. The zero-order valence-electron chi connectivity index (χ0n) is 9.67. The molecule has 1 heterocycles. The summed E-state index contributed by atoms with van der Waals surface area (Å²) in [4.78, 5) is 4.16. The molecule has 0 radical (unpaired) electrons. The number of hydrazine groups is 1. The van der Waals surface area contributed by atoms with Crippen molar-refractivity contribution in [2.24, 2.45) is 5.84 Å². The molecule has 18 heavy (non-hydrogen) atoms. The number of fused-ring (bicyclic) bond motifs is 1. The van der Waals surface area contributed by atoms with Crippen LogP contribution < -0.4 is 11.3 Å². The molecule has 3 rings (SSSR count). The van der Waals surface area contributed by atoms with Gasteiger partial charge in [0.1, 0.15) is 18.2 Å². The van der Waals surface area contributed by atoms with E-state index in [2.05, 4.69) is 38.8 Å². The lowest BCUT2D eigenvalue weighted by Crippen LogP contribution is -2.29. The second-order valence-electron chi connectivity index (χ2n) is 4.04. The minimum atomic E-state index is -0.196. The average Bonchev–Trinajstić information content (AvgIpc) is 2.94. The van der Waals surface area contributed by atoms with Gasteiger partial charge in [0, 0.05) is 0 Å². The Balaban J connectivity index is 2.18. The maximum absolute atomic E-state index is 5.65. The van der Waals surface area contributed by atoms with Gasteiger partial charge in [0.05, 0.1) is 0 Å². The van der Waals surface area contributed by atoms with Crippen molar-refractivity contribution in [3.8, 4) is 0 Å². The lowest BCUT2D eigenvalue weighted by atomic mass is 9.99. The number of benzene rings is 2. The van der Waals surface area contributed by atoms with Gasteiger partial charge in [-0.25, -0.2) is 10.4 Å². The van der Waals surface area contributed by atoms with Crippen molar-refractivity contribution in [1.29, 1.82) is 0 Å². The Hall–Kier alpha value is -2.24. The van der Waals surface area contributed by atoms with Gasteiger partial charge in [-0.2, -0.15) is 5.10 Å². The maximum Gasteiger partial charge on any atom is 0.147 e. The van der Waals surface area contributed by atoms with Crippen LogP contribution in [0.2, 0.25) is 0 Å². The molecule has 0 saturated carbocycles. The van der Waals surface area contributed by atoms with Crippen LogP contribution in [0.3, 0.4) is 0 Å². The fourth-order valence-corrected chi connectivity index (χ4v) is 2.17. The molecule has 0 fully saturated rings. The maximum atomic E-state index is 5.65. The number of aromatic nitrogens is 3. The SMILES string of the molecule is NNC(c1ncn[nH]1)c1cccc2ccccc12. The van der Waals surface area contributed by atoms with Gasteiger partial charge < -0.3 is 0 Å². The molecule has 0 bridgehead atoms. The van der Waals surface area contributed by atoms with Gasteiger partial charge in [-0.3, -0.25) is 10.9 Å². The van der Waals surface area contributed by atoms with E-state index in [1.807, 2.05) is 24.3 Å². The Morgan fingerprint density at radius 1 is 1.11 bits per heavy atom. The largest absolute Gasteiger partial charge is 0.270 e. The van der Waals surface area contributed by atoms with E-state index in [9.17, 15) is 0 Å². The first-order chi connectivity index (χ1) is 8.90. The molecule has 0 amide bonds. The van der Waals surface area contributed by atoms with E-state index in [0.717, 1.165) is 10.9 Å². The van der Waals surface area contributed by atoms with E-state index in [0.29, 0.717) is 5.82 Å². The van der Waals surface area contributed by atoms with Gasteiger partial charge in [-0.15, -0.1) is 0 Å². The molecule has 5 heteroatoms. The van der Waals surface area contributed by atoms with Crippen LogP contribution in [0.1, 0.15) is 17.4 Å². The number of nitrogens with zero attached hydrogens (tertiary/aromatic N) is 2. The summed E-state index contributed by atoms with van der Waals surface area (Å²) in [5, 5.41) is 9.04. The number of H-pyrrole nitrogens is 1. The number of hydrogen-bond acceptors (Lipinski definition) is 4. The summed E-state index contributed by atoms with van der Waals surface area (Å²) < 4.78 is 0. The first-order valence-electron chi connectivity index (χ1n) is 5.69. The third kappa shape index (κ3) is 1.75. The van der Waals surface area contributed by atoms with Crippen molar-refractivity contribution in [1.82, 2.24) is 20.6 Å². The number of aromatic amines is 1. The smallest absolute Gasteiger partial charge is 0.147 e. The summed E-state index contributed by atoms with van der Waals surface area (Å²) in [6.07, 6.45) is 1.48. The lowest BCUT2D eigenvalue weighted by molar-refractivity contribution is 0.608. The van der Waals surface area contributed by atoms with Crippen LogP contribution in [0.15, 0.2) is 48.8 Å². The minimum Gasteiger partial charge on any atom is -0.270 e.